The van der Waals surface area contributed by atoms with Crippen LogP contribution in [0.4, 0.5) is 16.2 Å². The molecule has 0 saturated carbocycles. The second-order valence-electron chi connectivity index (χ2n) is 6.00. The highest BCUT2D eigenvalue weighted by Gasteiger charge is 2.23. The molecule has 0 fully saturated rings. The van der Waals surface area contributed by atoms with Gasteiger partial charge in [0.2, 0.25) is 5.91 Å². The molecule has 1 aliphatic heterocycles. The van der Waals surface area contributed by atoms with Crippen molar-refractivity contribution in [1.82, 2.24) is 0 Å². The van der Waals surface area contributed by atoms with E-state index < -0.39 is 0 Å². The van der Waals surface area contributed by atoms with E-state index in [1.165, 1.54) is 11.1 Å². The van der Waals surface area contributed by atoms with E-state index >= 15 is 0 Å². The van der Waals surface area contributed by atoms with Crippen LogP contribution >= 0.6 is 23.4 Å². The largest absolute Gasteiger partial charge is 0.325 e. The van der Waals surface area contributed by atoms with Gasteiger partial charge in [-0.15, -0.1) is 0 Å². The molecule has 0 spiro atoms. The Kier molecular flexibility index (Phi) is 5.66. The summed E-state index contributed by atoms with van der Waals surface area (Å²) in [4.78, 5) is 26.4. The van der Waals surface area contributed by atoms with Crippen LogP contribution in [0.5, 0.6) is 0 Å². The Hall–Kier alpha value is -1.98. The van der Waals surface area contributed by atoms with E-state index in [0.717, 1.165) is 30.3 Å². The molecule has 0 aromatic heterocycles. The van der Waals surface area contributed by atoms with Crippen LogP contribution in [0.1, 0.15) is 17.5 Å². The van der Waals surface area contributed by atoms with E-state index in [0.29, 0.717) is 17.3 Å². The number of carbonyl (C=O) groups is 2. The molecule has 0 aliphatic carbocycles. The van der Waals surface area contributed by atoms with Crippen molar-refractivity contribution in [2.75, 3.05) is 22.5 Å². The summed E-state index contributed by atoms with van der Waals surface area (Å²) < 4.78 is 0. The number of nitrogens with zero attached hydrogens (tertiary/aromatic N) is 1. The molecule has 2 aromatic rings. The van der Waals surface area contributed by atoms with Gasteiger partial charge >= 0.3 is 0 Å². The van der Waals surface area contributed by atoms with Crippen LogP contribution in [-0.4, -0.2) is 23.4 Å². The number of carbonyl (C=O) groups excluding carboxylic acids is 2. The second kappa shape index (κ2) is 7.93. The Morgan fingerprint density at radius 3 is 2.88 bits per heavy atom. The van der Waals surface area contributed by atoms with Crippen LogP contribution < -0.4 is 10.2 Å². The monoisotopic (exact) mass is 374 g/mol. The molecule has 4 nitrogen and oxygen atoms in total. The van der Waals surface area contributed by atoms with Gasteiger partial charge in [-0.3, -0.25) is 9.59 Å². The first kappa shape index (κ1) is 17.8. The Labute approximate surface area is 156 Å². The fourth-order valence-corrected chi connectivity index (χ4v) is 3.75. The molecule has 0 saturated heterocycles. The highest BCUT2D eigenvalue weighted by molar-refractivity contribution is 8.14. The van der Waals surface area contributed by atoms with Gasteiger partial charge in [0.1, 0.15) is 0 Å². The van der Waals surface area contributed by atoms with Crippen LogP contribution in [0.2, 0.25) is 5.02 Å². The number of aryl methyl sites for hydroxylation is 2. The number of amides is 2. The molecule has 1 aliphatic rings. The number of benzene rings is 2. The van der Waals surface area contributed by atoms with E-state index in [1.807, 2.05) is 12.1 Å². The quantitative estimate of drug-likeness (QED) is 0.831. The lowest BCUT2D eigenvalue weighted by molar-refractivity contribution is -0.113. The Morgan fingerprint density at radius 1 is 1.24 bits per heavy atom. The molecule has 0 unspecified atom stereocenters. The van der Waals surface area contributed by atoms with Gasteiger partial charge in [0.15, 0.2) is 0 Å². The van der Waals surface area contributed by atoms with Crippen LogP contribution in [-0.2, 0) is 11.2 Å². The van der Waals surface area contributed by atoms with Crippen LogP contribution in [0.15, 0.2) is 42.5 Å². The zero-order valence-electron chi connectivity index (χ0n) is 13.9. The van der Waals surface area contributed by atoms with Gasteiger partial charge in [-0.05, 0) is 49.6 Å². The normalized spacial score (nSPS) is 13.3. The fraction of sp³-hybridized carbons (Fsp3) is 0.263. The van der Waals surface area contributed by atoms with E-state index in [-0.39, 0.29) is 16.9 Å². The van der Waals surface area contributed by atoms with Crippen LogP contribution in [0.25, 0.3) is 0 Å². The molecule has 0 atom stereocenters. The highest BCUT2D eigenvalue weighted by atomic mass is 35.5. The van der Waals surface area contributed by atoms with Crippen molar-refractivity contribution in [3.63, 3.8) is 0 Å². The molecule has 3 rings (SSSR count). The summed E-state index contributed by atoms with van der Waals surface area (Å²) in [6.45, 7) is 2.74. The second-order valence-corrected chi connectivity index (χ2v) is 7.36. The van der Waals surface area contributed by atoms with Crippen molar-refractivity contribution in [2.45, 2.75) is 19.8 Å². The first-order chi connectivity index (χ1) is 12.0. The molecular weight excluding hydrogens is 356 g/mol. The van der Waals surface area contributed by atoms with Gasteiger partial charge in [0.05, 0.1) is 5.75 Å². The van der Waals surface area contributed by atoms with Crippen molar-refractivity contribution in [3.8, 4) is 0 Å². The van der Waals surface area contributed by atoms with Crippen molar-refractivity contribution >= 4 is 45.9 Å². The highest BCUT2D eigenvalue weighted by Crippen LogP contribution is 2.30. The predicted octanol–water partition coefficient (Wildman–Crippen LogP) is 4.89. The standard InChI is InChI=1S/C19H19ClN2O2S/c1-13-7-8-17-14(10-13)4-3-9-22(17)19(24)25-12-18(23)21-16-6-2-5-15(20)11-16/h2,5-8,10-11H,3-4,9,12H2,1H3,(H,21,23). The smallest absolute Gasteiger partial charge is 0.286 e. The van der Waals surface area contributed by atoms with Gasteiger partial charge in [0, 0.05) is 22.9 Å². The van der Waals surface area contributed by atoms with Crippen molar-refractivity contribution in [3.05, 3.63) is 58.6 Å². The summed E-state index contributed by atoms with van der Waals surface area (Å²) in [5.74, 6) is -0.148. The van der Waals surface area contributed by atoms with E-state index in [9.17, 15) is 9.59 Å². The average Bonchev–Trinajstić information content (AvgIpc) is 2.59. The minimum absolute atomic E-state index is 0.0725. The number of anilines is 2. The third-order valence-electron chi connectivity index (χ3n) is 4.01. The zero-order valence-corrected chi connectivity index (χ0v) is 15.5. The lowest BCUT2D eigenvalue weighted by Gasteiger charge is -2.29. The third-order valence-corrected chi connectivity index (χ3v) is 5.12. The molecule has 0 bridgehead atoms. The number of nitrogens with one attached hydrogen (secondary N) is 1. The van der Waals surface area contributed by atoms with Crippen molar-refractivity contribution in [1.29, 1.82) is 0 Å². The van der Waals surface area contributed by atoms with Crippen molar-refractivity contribution < 1.29 is 9.59 Å². The van der Waals surface area contributed by atoms with Gasteiger partial charge in [-0.1, -0.05) is 47.1 Å². The summed E-state index contributed by atoms with van der Waals surface area (Å²) in [5.41, 5.74) is 3.99. The topological polar surface area (TPSA) is 49.4 Å². The van der Waals surface area contributed by atoms with Gasteiger partial charge < -0.3 is 10.2 Å². The zero-order chi connectivity index (χ0) is 17.8. The molecule has 2 aromatic carbocycles. The number of fused-ring (bicyclic) bond motifs is 1. The maximum absolute atomic E-state index is 12.5. The first-order valence-electron chi connectivity index (χ1n) is 8.12. The molecule has 1 N–H and O–H groups in total. The minimum Gasteiger partial charge on any atom is -0.325 e. The summed E-state index contributed by atoms with van der Waals surface area (Å²) >= 11 is 6.92. The first-order valence-corrected chi connectivity index (χ1v) is 9.48. The van der Waals surface area contributed by atoms with Crippen LogP contribution in [0, 0.1) is 6.92 Å². The number of thioether (sulfide) groups is 1. The lowest BCUT2D eigenvalue weighted by atomic mass is 10.0. The Bertz CT molecular complexity index is 810. The maximum Gasteiger partial charge on any atom is 0.286 e. The molecule has 6 heteroatoms. The number of halogens is 1. The molecule has 2 amide bonds. The summed E-state index contributed by atoms with van der Waals surface area (Å²) in [7, 11) is 0. The predicted molar refractivity (Wildman–Crippen MR) is 105 cm³/mol. The van der Waals surface area contributed by atoms with E-state index in [2.05, 4.69) is 18.3 Å². The Morgan fingerprint density at radius 2 is 2.08 bits per heavy atom. The lowest BCUT2D eigenvalue weighted by Crippen LogP contribution is -2.33. The Balaban J connectivity index is 1.59. The fourth-order valence-electron chi connectivity index (χ4n) is 2.88. The van der Waals surface area contributed by atoms with Gasteiger partial charge in [-0.25, -0.2) is 0 Å². The average molecular weight is 375 g/mol. The summed E-state index contributed by atoms with van der Waals surface area (Å²) in [6.07, 6.45) is 1.93. The summed E-state index contributed by atoms with van der Waals surface area (Å²) in [5, 5.41) is 3.22. The SMILES string of the molecule is Cc1ccc2c(c1)CCCN2C(=O)SCC(=O)Nc1cccc(Cl)c1. The molecule has 130 valence electrons. The van der Waals surface area contributed by atoms with Gasteiger partial charge in [0.25, 0.3) is 5.24 Å². The number of hydrogen-bond acceptors (Lipinski definition) is 3. The molecule has 0 radical (unpaired) electrons. The number of hydrogen-bond donors (Lipinski definition) is 1. The number of rotatable bonds is 3. The minimum atomic E-state index is -0.221. The molecule has 25 heavy (non-hydrogen) atoms. The summed E-state index contributed by atoms with van der Waals surface area (Å²) in [6, 6.07) is 13.1. The maximum atomic E-state index is 12.5. The molecule has 1 heterocycles. The van der Waals surface area contributed by atoms with Crippen molar-refractivity contribution in [2.24, 2.45) is 0 Å². The van der Waals surface area contributed by atoms with Gasteiger partial charge in [-0.2, -0.15) is 0 Å². The molecular formula is C19H19ClN2O2S. The van der Waals surface area contributed by atoms with E-state index in [1.54, 1.807) is 29.2 Å². The third kappa shape index (κ3) is 4.55. The van der Waals surface area contributed by atoms with Crippen LogP contribution in [0.3, 0.4) is 0 Å². The van der Waals surface area contributed by atoms with E-state index in [4.69, 9.17) is 11.6 Å².